The predicted octanol–water partition coefficient (Wildman–Crippen LogP) is 3.05. The largest absolute Gasteiger partial charge is 0.0651 e. The fraction of sp³-hybridized carbons (Fsp3) is 0.500. The van der Waals surface area contributed by atoms with Crippen LogP contribution in [0.1, 0.15) is 35.6 Å². The van der Waals surface area contributed by atoms with E-state index in [1.165, 1.54) is 31.2 Å². The molecule has 0 saturated heterocycles. The third-order valence-electron chi connectivity index (χ3n) is 2.74. The zero-order valence-corrected chi connectivity index (χ0v) is 7.98. The SMILES string of the molecule is CCCc1cc(C)cc2c1CC2. The molecule has 2 rings (SSSR count). The molecule has 1 aliphatic rings. The van der Waals surface area contributed by atoms with Crippen LogP contribution in [0.25, 0.3) is 0 Å². The fourth-order valence-electron chi connectivity index (χ4n) is 2.09. The van der Waals surface area contributed by atoms with Crippen molar-refractivity contribution in [2.45, 2.75) is 39.5 Å². The first kappa shape index (κ1) is 7.85. The molecule has 0 spiro atoms. The minimum absolute atomic E-state index is 1.27. The minimum Gasteiger partial charge on any atom is -0.0651 e. The van der Waals surface area contributed by atoms with Crippen LogP contribution in [-0.4, -0.2) is 0 Å². The Morgan fingerprint density at radius 3 is 2.67 bits per heavy atom. The van der Waals surface area contributed by atoms with Gasteiger partial charge in [-0.05, 0) is 42.9 Å². The molecule has 1 aromatic carbocycles. The van der Waals surface area contributed by atoms with Crippen LogP contribution < -0.4 is 0 Å². The van der Waals surface area contributed by atoms with Crippen LogP contribution in [-0.2, 0) is 19.3 Å². The lowest BCUT2D eigenvalue weighted by atomic mass is 9.82. The smallest absolute Gasteiger partial charge is 0.0233 e. The van der Waals surface area contributed by atoms with E-state index >= 15 is 0 Å². The van der Waals surface area contributed by atoms with Crippen molar-refractivity contribution in [1.82, 2.24) is 0 Å². The van der Waals surface area contributed by atoms with Gasteiger partial charge in [0.05, 0.1) is 0 Å². The molecular weight excluding hydrogens is 144 g/mol. The van der Waals surface area contributed by atoms with Crippen molar-refractivity contribution in [2.24, 2.45) is 0 Å². The zero-order chi connectivity index (χ0) is 8.55. The van der Waals surface area contributed by atoms with Crippen molar-refractivity contribution < 1.29 is 0 Å². The second kappa shape index (κ2) is 2.93. The second-order valence-electron chi connectivity index (χ2n) is 3.81. The van der Waals surface area contributed by atoms with E-state index in [2.05, 4.69) is 26.0 Å². The highest BCUT2D eigenvalue weighted by Gasteiger charge is 2.16. The molecule has 0 aromatic heterocycles. The summed E-state index contributed by atoms with van der Waals surface area (Å²) in [5.74, 6) is 0. The van der Waals surface area contributed by atoms with Crippen molar-refractivity contribution in [1.29, 1.82) is 0 Å². The Labute approximate surface area is 74.6 Å². The Kier molecular flexibility index (Phi) is 1.92. The molecule has 0 amide bonds. The molecule has 0 N–H and O–H groups in total. The summed E-state index contributed by atoms with van der Waals surface area (Å²) in [6.45, 7) is 4.46. The molecule has 1 aromatic rings. The summed E-state index contributed by atoms with van der Waals surface area (Å²) in [4.78, 5) is 0. The number of aryl methyl sites for hydroxylation is 3. The predicted molar refractivity (Wildman–Crippen MR) is 52.6 cm³/mol. The topological polar surface area (TPSA) is 0 Å². The molecule has 12 heavy (non-hydrogen) atoms. The molecule has 0 saturated carbocycles. The van der Waals surface area contributed by atoms with E-state index in [4.69, 9.17) is 0 Å². The zero-order valence-electron chi connectivity index (χ0n) is 7.98. The maximum atomic E-state index is 2.36. The summed E-state index contributed by atoms with van der Waals surface area (Å²) in [6.07, 6.45) is 5.18. The van der Waals surface area contributed by atoms with Crippen LogP contribution in [0.3, 0.4) is 0 Å². The van der Waals surface area contributed by atoms with E-state index < -0.39 is 0 Å². The number of benzene rings is 1. The first-order chi connectivity index (χ1) is 5.81. The quantitative estimate of drug-likeness (QED) is 0.623. The first-order valence-corrected chi connectivity index (χ1v) is 4.92. The molecule has 64 valence electrons. The monoisotopic (exact) mass is 160 g/mol. The fourth-order valence-corrected chi connectivity index (χ4v) is 2.09. The van der Waals surface area contributed by atoms with Gasteiger partial charge in [0.15, 0.2) is 0 Å². The summed E-state index contributed by atoms with van der Waals surface area (Å²) in [5, 5.41) is 0. The molecule has 0 fully saturated rings. The van der Waals surface area contributed by atoms with Gasteiger partial charge in [0, 0.05) is 0 Å². The van der Waals surface area contributed by atoms with E-state index in [9.17, 15) is 0 Å². The van der Waals surface area contributed by atoms with Crippen LogP contribution >= 0.6 is 0 Å². The number of fused-ring (bicyclic) bond motifs is 1. The average molecular weight is 160 g/mol. The first-order valence-electron chi connectivity index (χ1n) is 4.92. The Morgan fingerprint density at radius 1 is 1.25 bits per heavy atom. The third kappa shape index (κ3) is 1.16. The van der Waals surface area contributed by atoms with Crippen LogP contribution in [0.5, 0.6) is 0 Å². The van der Waals surface area contributed by atoms with Crippen LogP contribution in [0, 0.1) is 6.92 Å². The standard InChI is InChI=1S/C12H16/c1-3-4-10-7-9(2)8-11-5-6-12(10)11/h7-8H,3-6H2,1-2H3. The molecule has 0 atom stereocenters. The highest BCUT2D eigenvalue weighted by molar-refractivity contribution is 5.44. The molecule has 0 heteroatoms. The van der Waals surface area contributed by atoms with E-state index in [-0.39, 0.29) is 0 Å². The van der Waals surface area contributed by atoms with Gasteiger partial charge >= 0.3 is 0 Å². The van der Waals surface area contributed by atoms with Crippen LogP contribution in [0.2, 0.25) is 0 Å². The summed E-state index contributed by atoms with van der Waals surface area (Å²) >= 11 is 0. The maximum absolute atomic E-state index is 2.36. The Hall–Kier alpha value is -0.780. The molecule has 0 radical (unpaired) electrons. The molecular formula is C12H16. The number of hydrogen-bond acceptors (Lipinski definition) is 0. The summed E-state index contributed by atoms with van der Waals surface area (Å²) < 4.78 is 0. The summed E-state index contributed by atoms with van der Waals surface area (Å²) in [5.41, 5.74) is 6.32. The van der Waals surface area contributed by atoms with Gasteiger partial charge in [-0.1, -0.05) is 31.0 Å². The number of hydrogen-bond donors (Lipinski definition) is 0. The summed E-state index contributed by atoms with van der Waals surface area (Å²) in [7, 11) is 0. The van der Waals surface area contributed by atoms with Crippen molar-refractivity contribution in [3.8, 4) is 0 Å². The molecule has 1 aliphatic carbocycles. The van der Waals surface area contributed by atoms with Gasteiger partial charge in [-0.15, -0.1) is 0 Å². The van der Waals surface area contributed by atoms with Gasteiger partial charge in [0.25, 0.3) is 0 Å². The second-order valence-corrected chi connectivity index (χ2v) is 3.81. The number of rotatable bonds is 2. The van der Waals surface area contributed by atoms with Gasteiger partial charge in [0.2, 0.25) is 0 Å². The average Bonchev–Trinajstić information content (AvgIpc) is 1.96. The van der Waals surface area contributed by atoms with Gasteiger partial charge in [-0.2, -0.15) is 0 Å². The molecule has 0 bridgehead atoms. The van der Waals surface area contributed by atoms with E-state index in [0.29, 0.717) is 0 Å². The van der Waals surface area contributed by atoms with Gasteiger partial charge in [0.1, 0.15) is 0 Å². The molecule has 0 heterocycles. The van der Waals surface area contributed by atoms with Crippen molar-refractivity contribution >= 4 is 0 Å². The van der Waals surface area contributed by atoms with Gasteiger partial charge < -0.3 is 0 Å². The van der Waals surface area contributed by atoms with E-state index in [0.717, 1.165) is 0 Å². The Balaban J connectivity index is 2.39. The normalized spacial score (nSPS) is 13.8. The van der Waals surface area contributed by atoms with E-state index in [1.807, 2.05) is 0 Å². The molecule has 0 unspecified atom stereocenters. The van der Waals surface area contributed by atoms with Crippen molar-refractivity contribution in [3.63, 3.8) is 0 Å². The Morgan fingerprint density at radius 2 is 2.08 bits per heavy atom. The van der Waals surface area contributed by atoms with E-state index in [1.54, 1.807) is 16.7 Å². The van der Waals surface area contributed by atoms with Gasteiger partial charge in [-0.3, -0.25) is 0 Å². The van der Waals surface area contributed by atoms with Gasteiger partial charge in [-0.25, -0.2) is 0 Å². The maximum Gasteiger partial charge on any atom is -0.0233 e. The molecule has 0 aliphatic heterocycles. The lowest BCUT2D eigenvalue weighted by molar-refractivity contribution is 0.791. The third-order valence-corrected chi connectivity index (χ3v) is 2.74. The minimum atomic E-state index is 1.27. The van der Waals surface area contributed by atoms with Crippen LogP contribution in [0.15, 0.2) is 12.1 Å². The lowest BCUT2D eigenvalue weighted by Gasteiger charge is -2.23. The highest BCUT2D eigenvalue weighted by atomic mass is 14.2. The summed E-state index contributed by atoms with van der Waals surface area (Å²) in [6, 6.07) is 4.71. The van der Waals surface area contributed by atoms with Crippen molar-refractivity contribution in [3.05, 3.63) is 34.4 Å². The van der Waals surface area contributed by atoms with Crippen molar-refractivity contribution in [2.75, 3.05) is 0 Å². The van der Waals surface area contributed by atoms with Crippen LogP contribution in [0.4, 0.5) is 0 Å². The highest BCUT2D eigenvalue weighted by Crippen LogP contribution is 2.28. The molecule has 0 nitrogen and oxygen atoms in total. The lowest BCUT2D eigenvalue weighted by Crippen LogP contribution is -2.12. The Bertz CT molecular complexity index is 297.